The maximum absolute atomic E-state index is 13.7. The van der Waals surface area contributed by atoms with E-state index in [1.165, 1.54) is 30.3 Å². The number of hydrogen-bond donors (Lipinski definition) is 0. The molecule has 4 rings (SSSR count). The summed E-state index contributed by atoms with van der Waals surface area (Å²) < 4.78 is 33.2. The lowest BCUT2D eigenvalue weighted by Gasteiger charge is -2.14. The second-order valence-corrected chi connectivity index (χ2v) is 6.84. The van der Waals surface area contributed by atoms with Crippen molar-refractivity contribution in [1.82, 2.24) is 24.7 Å². The van der Waals surface area contributed by atoms with Gasteiger partial charge in [0.15, 0.2) is 23.0 Å². The molecule has 1 amide bonds. The van der Waals surface area contributed by atoms with Crippen LogP contribution in [0, 0.1) is 0 Å². The molecule has 1 aliphatic heterocycles. The number of rotatable bonds is 5. The number of hydrogen-bond acceptors (Lipinski definition) is 7. The van der Waals surface area contributed by atoms with Gasteiger partial charge in [0, 0.05) is 32.3 Å². The summed E-state index contributed by atoms with van der Waals surface area (Å²) in [4.78, 5) is 36.4. The van der Waals surface area contributed by atoms with Crippen molar-refractivity contribution in [2.75, 3.05) is 18.6 Å². The van der Waals surface area contributed by atoms with Crippen LogP contribution >= 0.6 is 0 Å². The van der Waals surface area contributed by atoms with Gasteiger partial charge in [-0.2, -0.15) is 18.6 Å². The number of pyridine rings is 1. The van der Waals surface area contributed by atoms with Crippen LogP contribution in [0.4, 0.5) is 14.6 Å². The van der Waals surface area contributed by atoms with Crippen LogP contribution in [-0.2, 0) is 10.8 Å². The molecule has 0 unspecified atom stereocenters. The molecule has 11 heteroatoms. The third-order valence-electron chi connectivity index (χ3n) is 4.64. The third-order valence-corrected chi connectivity index (χ3v) is 4.64. The van der Waals surface area contributed by atoms with Gasteiger partial charge < -0.3 is 4.74 Å². The number of halogens is 2. The van der Waals surface area contributed by atoms with Gasteiger partial charge in [-0.15, -0.1) is 6.58 Å². The van der Waals surface area contributed by atoms with E-state index in [-0.39, 0.29) is 29.6 Å². The smallest absolute Gasteiger partial charge is 0.345 e. The van der Waals surface area contributed by atoms with Crippen molar-refractivity contribution < 1.29 is 23.1 Å². The fourth-order valence-corrected chi connectivity index (χ4v) is 2.84. The average molecular weight is 444 g/mol. The molecule has 1 aliphatic rings. The van der Waals surface area contributed by atoms with E-state index >= 15 is 0 Å². The van der Waals surface area contributed by atoms with Gasteiger partial charge in [-0.3, -0.25) is 14.5 Å². The Morgan fingerprint density at radius 2 is 2.12 bits per heavy atom. The number of ether oxygens (including phenoxy) is 1. The highest BCUT2D eigenvalue weighted by Gasteiger charge is 2.32. The Balaban J connectivity index is 0.000000193. The van der Waals surface area contributed by atoms with Crippen molar-refractivity contribution in [1.29, 1.82) is 0 Å². The molecule has 3 aromatic rings. The zero-order valence-corrected chi connectivity index (χ0v) is 17.7. The lowest BCUT2D eigenvalue weighted by Crippen LogP contribution is -2.25. The lowest BCUT2D eigenvalue weighted by molar-refractivity contribution is -0.118. The number of amides is 1. The number of anilines is 1. The van der Waals surface area contributed by atoms with Gasteiger partial charge >= 0.3 is 6.05 Å². The molecule has 0 fully saturated rings. The molecule has 0 aliphatic carbocycles. The molecule has 0 radical (unpaired) electrons. The number of carbonyl (C=O) groups is 2. The summed E-state index contributed by atoms with van der Waals surface area (Å²) in [5, 5.41) is 3.98. The molecule has 4 heterocycles. The summed E-state index contributed by atoms with van der Waals surface area (Å²) in [6.07, 6.45) is 5.68. The molecule has 3 aromatic heterocycles. The van der Waals surface area contributed by atoms with Crippen LogP contribution in [0.3, 0.4) is 0 Å². The minimum absolute atomic E-state index is 0.0393. The highest BCUT2D eigenvalue weighted by Crippen LogP contribution is 2.28. The molecule has 168 valence electrons. The Bertz CT molecular complexity index is 1150. The fraction of sp³-hybridized carbons (Fsp3) is 0.333. The van der Waals surface area contributed by atoms with Crippen LogP contribution in [0.5, 0.6) is 5.75 Å². The van der Waals surface area contributed by atoms with E-state index < -0.39 is 12.5 Å². The summed E-state index contributed by atoms with van der Waals surface area (Å²) in [5.74, 6) is 0.837. The predicted molar refractivity (Wildman–Crippen MR) is 113 cm³/mol. The summed E-state index contributed by atoms with van der Waals surface area (Å²) in [7, 11) is 1.71. The Labute approximate surface area is 182 Å². The Kier molecular flexibility index (Phi) is 6.86. The van der Waals surface area contributed by atoms with E-state index in [1.54, 1.807) is 19.3 Å². The second-order valence-electron chi connectivity index (χ2n) is 6.84. The Morgan fingerprint density at radius 3 is 2.84 bits per heavy atom. The van der Waals surface area contributed by atoms with Crippen molar-refractivity contribution in [3.05, 3.63) is 49.2 Å². The zero-order chi connectivity index (χ0) is 23.3. The summed E-state index contributed by atoms with van der Waals surface area (Å²) in [5.41, 5.74) is -0.0470. The minimum Gasteiger partial charge on any atom is -0.489 e. The van der Waals surface area contributed by atoms with Gasteiger partial charge in [-0.05, 0) is 12.1 Å². The normalized spacial score (nSPS) is 13.5. The molecular weight excluding hydrogens is 422 g/mol. The van der Waals surface area contributed by atoms with Gasteiger partial charge in [0.25, 0.3) is 0 Å². The Morgan fingerprint density at radius 1 is 1.34 bits per heavy atom. The number of carbonyl (C=O) groups excluding carboxylic acids is 2. The van der Waals surface area contributed by atoms with E-state index in [1.807, 2.05) is 6.07 Å². The van der Waals surface area contributed by atoms with E-state index in [4.69, 9.17) is 4.74 Å². The van der Waals surface area contributed by atoms with Crippen molar-refractivity contribution in [3.63, 3.8) is 0 Å². The van der Waals surface area contributed by atoms with Gasteiger partial charge in [0.05, 0.1) is 24.6 Å². The molecule has 0 spiro atoms. The second kappa shape index (κ2) is 9.58. The molecule has 0 saturated heterocycles. The highest BCUT2D eigenvalue weighted by molar-refractivity contribution is 5.95. The first-order valence-corrected chi connectivity index (χ1v) is 9.86. The van der Waals surface area contributed by atoms with Crippen molar-refractivity contribution in [3.8, 4) is 5.75 Å². The van der Waals surface area contributed by atoms with E-state index in [2.05, 4.69) is 26.6 Å². The molecular formula is C21H22F2N6O3. The van der Waals surface area contributed by atoms with Gasteiger partial charge in [-0.25, -0.2) is 15.0 Å². The molecule has 9 nitrogen and oxygen atoms in total. The van der Waals surface area contributed by atoms with E-state index in [0.717, 1.165) is 0 Å². The summed E-state index contributed by atoms with van der Waals surface area (Å²) in [6.45, 7) is 5.21. The van der Waals surface area contributed by atoms with Gasteiger partial charge in [0.2, 0.25) is 11.7 Å². The number of alkyl halides is 2. The first-order chi connectivity index (χ1) is 15.3. The van der Waals surface area contributed by atoms with Crippen molar-refractivity contribution >= 4 is 28.5 Å². The minimum atomic E-state index is -3.14. The summed E-state index contributed by atoms with van der Waals surface area (Å²) >= 11 is 0. The third kappa shape index (κ3) is 4.76. The van der Waals surface area contributed by atoms with E-state index in [0.29, 0.717) is 34.7 Å². The number of ketones is 1. The molecule has 0 bridgehead atoms. The average Bonchev–Trinajstić information content (AvgIpc) is 3.17. The standard InChI is InChI=1S/C12H12F2N4O.C9H10N2O2/c1-3-5-9(19)10-15-6-8-7-16-18(11(8)17-10)12(13,14)4-2;1-11-8(12)4-6-13-7-3-2-5-10-9(7)11/h3,6-7H,1,4-5H2,2H3;2-3,5H,4,6H2,1H3. The summed E-state index contributed by atoms with van der Waals surface area (Å²) in [6, 6.07) is 0.467. The van der Waals surface area contributed by atoms with Crippen LogP contribution in [0.1, 0.15) is 36.8 Å². The number of nitrogens with zero attached hydrogens (tertiary/aromatic N) is 6. The number of fused-ring (bicyclic) bond motifs is 2. The van der Waals surface area contributed by atoms with Crippen LogP contribution in [0.2, 0.25) is 0 Å². The van der Waals surface area contributed by atoms with Crippen LogP contribution < -0.4 is 9.64 Å². The van der Waals surface area contributed by atoms with Crippen molar-refractivity contribution in [2.24, 2.45) is 0 Å². The molecule has 0 aromatic carbocycles. The first kappa shape index (κ1) is 22.9. The SMILES string of the molecule is C=CCC(=O)c1ncc2cnn(C(F)(F)CC)c2n1.CN1C(=O)CCOc2cccnc21. The van der Waals surface area contributed by atoms with Crippen LogP contribution in [0.25, 0.3) is 11.0 Å². The van der Waals surface area contributed by atoms with Crippen molar-refractivity contribution in [2.45, 2.75) is 32.2 Å². The predicted octanol–water partition coefficient (Wildman–Crippen LogP) is 3.37. The topological polar surface area (TPSA) is 103 Å². The fourth-order valence-electron chi connectivity index (χ4n) is 2.84. The number of Topliss-reactive ketones (excluding diaryl/α,β-unsaturated/α-hetero) is 1. The number of allylic oxidation sites excluding steroid dienone is 1. The lowest BCUT2D eigenvalue weighted by atomic mass is 10.2. The molecule has 0 atom stereocenters. The molecule has 0 N–H and O–H groups in total. The quantitative estimate of drug-likeness (QED) is 0.439. The maximum Gasteiger partial charge on any atom is 0.345 e. The van der Waals surface area contributed by atoms with Crippen LogP contribution in [0.15, 0.2) is 43.4 Å². The first-order valence-electron chi connectivity index (χ1n) is 9.86. The zero-order valence-electron chi connectivity index (χ0n) is 17.7. The molecule has 0 saturated carbocycles. The van der Waals surface area contributed by atoms with Gasteiger partial charge in [-0.1, -0.05) is 13.0 Å². The highest BCUT2D eigenvalue weighted by atomic mass is 19.3. The monoisotopic (exact) mass is 444 g/mol. The van der Waals surface area contributed by atoms with Gasteiger partial charge in [0.1, 0.15) is 0 Å². The molecule has 32 heavy (non-hydrogen) atoms. The van der Waals surface area contributed by atoms with E-state index in [9.17, 15) is 18.4 Å². The largest absolute Gasteiger partial charge is 0.489 e. The maximum atomic E-state index is 13.7. The Hall–Kier alpha value is -3.76. The number of aromatic nitrogens is 5. The van der Waals surface area contributed by atoms with Crippen LogP contribution in [-0.4, -0.2) is 50.1 Å².